The molecule has 1 fully saturated rings. The van der Waals surface area contributed by atoms with Crippen molar-refractivity contribution in [2.24, 2.45) is 0 Å². The first-order valence-corrected chi connectivity index (χ1v) is 6.40. The van der Waals surface area contributed by atoms with Gasteiger partial charge in [0.1, 0.15) is 0 Å². The van der Waals surface area contributed by atoms with Gasteiger partial charge in [-0.1, -0.05) is 0 Å². The summed E-state index contributed by atoms with van der Waals surface area (Å²) in [6.45, 7) is 2.07. The second kappa shape index (κ2) is 7.12. The highest BCUT2D eigenvalue weighted by Crippen LogP contribution is 2.25. The highest BCUT2D eigenvalue weighted by atomic mass is 32.2. The Morgan fingerprint density at radius 1 is 1.57 bits per heavy atom. The molecule has 0 aliphatic carbocycles. The molecule has 1 saturated heterocycles. The molecule has 1 unspecified atom stereocenters. The average Bonchev–Trinajstić information content (AvgIpc) is 2.69. The largest absolute Gasteiger partial charge is 0.359 e. The molecule has 14 heavy (non-hydrogen) atoms. The van der Waals surface area contributed by atoms with Crippen molar-refractivity contribution < 1.29 is 4.79 Å². The van der Waals surface area contributed by atoms with Gasteiger partial charge in [-0.3, -0.25) is 4.79 Å². The summed E-state index contributed by atoms with van der Waals surface area (Å²) in [5.41, 5.74) is 0. The molecule has 1 aliphatic heterocycles. The first-order chi connectivity index (χ1) is 6.83. The average molecular weight is 216 g/mol. The minimum Gasteiger partial charge on any atom is -0.359 e. The van der Waals surface area contributed by atoms with Crippen molar-refractivity contribution in [3.05, 3.63) is 0 Å². The fourth-order valence-electron chi connectivity index (χ4n) is 1.57. The fourth-order valence-corrected chi connectivity index (χ4v) is 2.80. The first kappa shape index (κ1) is 11.9. The molecule has 0 radical (unpaired) electrons. The third-order valence-electron chi connectivity index (χ3n) is 2.43. The molecule has 1 rings (SSSR count). The summed E-state index contributed by atoms with van der Waals surface area (Å²) < 4.78 is 0. The van der Waals surface area contributed by atoms with E-state index in [1.807, 2.05) is 0 Å². The molecule has 4 heteroatoms. The molecule has 0 bridgehead atoms. The van der Waals surface area contributed by atoms with Gasteiger partial charge >= 0.3 is 0 Å². The van der Waals surface area contributed by atoms with Gasteiger partial charge in [-0.25, -0.2) is 0 Å². The molecule has 2 N–H and O–H groups in total. The molecule has 0 aromatic rings. The second-order valence-corrected chi connectivity index (χ2v) is 5.02. The van der Waals surface area contributed by atoms with E-state index in [1.165, 1.54) is 18.6 Å². The Balaban J connectivity index is 1.86. The zero-order chi connectivity index (χ0) is 10.2. The minimum absolute atomic E-state index is 0.141. The predicted octanol–water partition coefficient (Wildman–Crippen LogP) is 0.998. The summed E-state index contributed by atoms with van der Waals surface area (Å²) in [6, 6.07) is 0. The number of thioether (sulfide) groups is 1. The van der Waals surface area contributed by atoms with E-state index in [0.29, 0.717) is 6.42 Å². The van der Waals surface area contributed by atoms with E-state index < -0.39 is 0 Å². The Morgan fingerprint density at radius 2 is 2.43 bits per heavy atom. The Hall–Kier alpha value is -0.220. The molecule has 0 aromatic heterocycles. The van der Waals surface area contributed by atoms with Gasteiger partial charge in [0.15, 0.2) is 0 Å². The lowest BCUT2D eigenvalue weighted by Crippen LogP contribution is -2.25. The van der Waals surface area contributed by atoms with Crippen LogP contribution >= 0.6 is 11.8 Å². The summed E-state index contributed by atoms with van der Waals surface area (Å²) in [7, 11) is 1.69. The summed E-state index contributed by atoms with van der Waals surface area (Å²) in [5, 5.41) is 6.85. The van der Waals surface area contributed by atoms with Gasteiger partial charge in [0.25, 0.3) is 0 Å². The number of hydrogen-bond donors (Lipinski definition) is 2. The van der Waals surface area contributed by atoms with Crippen LogP contribution in [0.25, 0.3) is 0 Å². The zero-order valence-electron chi connectivity index (χ0n) is 8.84. The standard InChI is InChI=1S/C10H20N2OS/c1-11-10(13)5-2-6-12-8-9-4-3-7-14-9/h9,12H,2-8H2,1H3,(H,11,13). The van der Waals surface area contributed by atoms with Crippen LogP contribution in [0.4, 0.5) is 0 Å². The van der Waals surface area contributed by atoms with E-state index in [0.717, 1.165) is 24.8 Å². The number of nitrogens with one attached hydrogen (secondary N) is 2. The maximum absolute atomic E-state index is 10.9. The van der Waals surface area contributed by atoms with Crippen LogP contribution in [0.15, 0.2) is 0 Å². The van der Waals surface area contributed by atoms with Crippen LogP contribution < -0.4 is 10.6 Å². The summed E-state index contributed by atoms with van der Waals surface area (Å²) in [4.78, 5) is 10.9. The quantitative estimate of drug-likeness (QED) is 0.651. The van der Waals surface area contributed by atoms with Crippen molar-refractivity contribution in [2.45, 2.75) is 30.9 Å². The van der Waals surface area contributed by atoms with E-state index in [-0.39, 0.29) is 5.91 Å². The molecule has 82 valence electrons. The number of carbonyl (C=O) groups is 1. The van der Waals surface area contributed by atoms with Gasteiger partial charge in [-0.2, -0.15) is 11.8 Å². The molecule has 0 aromatic carbocycles. The van der Waals surface area contributed by atoms with E-state index in [9.17, 15) is 4.79 Å². The van der Waals surface area contributed by atoms with Crippen molar-refractivity contribution in [3.63, 3.8) is 0 Å². The topological polar surface area (TPSA) is 41.1 Å². The fraction of sp³-hybridized carbons (Fsp3) is 0.900. The number of rotatable bonds is 6. The normalized spacial score (nSPS) is 21.1. The molecule has 1 aliphatic rings. The van der Waals surface area contributed by atoms with Crippen molar-refractivity contribution in [2.75, 3.05) is 25.9 Å². The van der Waals surface area contributed by atoms with E-state index in [1.54, 1.807) is 7.05 Å². The highest BCUT2D eigenvalue weighted by molar-refractivity contribution is 8.00. The SMILES string of the molecule is CNC(=O)CCCNCC1CCCS1. The van der Waals surface area contributed by atoms with Gasteiger partial charge in [0.2, 0.25) is 5.91 Å². The molecule has 1 atom stereocenters. The Labute approximate surface area is 90.4 Å². The molecular weight excluding hydrogens is 196 g/mol. The molecule has 3 nitrogen and oxygen atoms in total. The summed E-state index contributed by atoms with van der Waals surface area (Å²) in [5.74, 6) is 1.46. The van der Waals surface area contributed by atoms with Crippen LogP contribution in [-0.4, -0.2) is 37.0 Å². The second-order valence-electron chi connectivity index (χ2n) is 3.62. The van der Waals surface area contributed by atoms with Gasteiger partial charge in [0, 0.05) is 25.3 Å². The lowest BCUT2D eigenvalue weighted by Gasteiger charge is -2.09. The molecule has 1 amide bonds. The predicted molar refractivity (Wildman–Crippen MR) is 61.7 cm³/mol. The van der Waals surface area contributed by atoms with E-state index >= 15 is 0 Å². The van der Waals surface area contributed by atoms with Gasteiger partial charge in [-0.05, 0) is 31.6 Å². The summed E-state index contributed by atoms with van der Waals surface area (Å²) in [6.07, 6.45) is 4.31. The third kappa shape index (κ3) is 4.86. The maximum atomic E-state index is 10.9. The molecule has 0 saturated carbocycles. The van der Waals surface area contributed by atoms with Crippen LogP contribution in [0.1, 0.15) is 25.7 Å². The van der Waals surface area contributed by atoms with Gasteiger partial charge in [0.05, 0.1) is 0 Å². The Morgan fingerprint density at radius 3 is 3.07 bits per heavy atom. The van der Waals surface area contributed by atoms with Crippen LogP contribution in [0.2, 0.25) is 0 Å². The zero-order valence-corrected chi connectivity index (χ0v) is 9.66. The number of carbonyl (C=O) groups excluding carboxylic acids is 1. The first-order valence-electron chi connectivity index (χ1n) is 5.36. The Kier molecular flexibility index (Phi) is 6.03. The Bertz CT molecular complexity index is 170. The van der Waals surface area contributed by atoms with Crippen molar-refractivity contribution in [1.82, 2.24) is 10.6 Å². The van der Waals surface area contributed by atoms with Crippen LogP contribution in [0.3, 0.4) is 0 Å². The van der Waals surface area contributed by atoms with Gasteiger partial charge in [-0.15, -0.1) is 0 Å². The van der Waals surface area contributed by atoms with Crippen LogP contribution in [0, 0.1) is 0 Å². The van der Waals surface area contributed by atoms with Crippen molar-refractivity contribution >= 4 is 17.7 Å². The highest BCUT2D eigenvalue weighted by Gasteiger charge is 2.14. The smallest absolute Gasteiger partial charge is 0.219 e. The third-order valence-corrected chi connectivity index (χ3v) is 3.83. The van der Waals surface area contributed by atoms with Crippen molar-refractivity contribution in [3.8, 4) is 0 Å². The lowest BCUT2D eigenvalue weighted by atomic mass is 10.2. The summed E-state index contributed by atoms with van der Waals surface area (Å²) >= 11 is 2.07. The minimum atomic E-state index is 0.141. The van der Waals surface area contributed by atoms with Gasteiger partial charge < -0.3 is 10.6 Å². The lowest BCUT2D eigenvalue weighted by molar-refractivity contribution is -0.120. The van der Waals surface area contributed by atoms with Crippen molar-refractivity contribution in [1.29, 1.82) is 0 Å². The monoisotopic (exact) mass is 216 g/mol. The van der Waals surface area contributed by atoms with E-state index in [2.05, 4.69) is 22.4 Å². The number of hydrogen-bond acceptors (Lipinski definition) is 3. The van der Waals surface area contributed by atoms with E-state index in [4.69, 9.17) is 0 Å². The van der Waals surface area contributed by atoms with Crippen LogP contribution in [-0.2, 0) is 4.79 Å². The molecule has 1 heterocycles. The van der Waals surface area contributed by atoms with Crippen LogP contribution in [0.5, 0.6) is 0 Å². The maximum Gasteiger partial charge on any atom is 0.219 e. The molecule has 0 spiro atoms. The molecular formula is C10H20N2OS. The number of amides is 1.